The van der Waals surface area contributed by atoms with Crippen LogP contribution in [-0.4, -0.2) is 54.4 Å². The Morgan fingerprint density at radius 2 is 1.72 bits per heavy atom. The molecular weight excluding hydrogens is 428 g/mol. The molecule has 3 atom stereocenters. The van der Waals surface area contributed by atoms with Crippen LogP contribution in [0, 0.1) is 11.5 Å². The number of alkyl carbamates (subject to hydrolysis) is 1. The molecular formula is C23H34N2O6Si. The van der Waals surface area contributed by atoms with Crippen LogP contribution in [0.1, 0.15) is 39.7 Å². The molecule has 4 N–H and O–H groups in total. The number of carbonyl (C=O) groups excluding carboxylic acids is 2. The Morgan fingerprint density at radius 1 is 1.12 bits per heavy atom. The molecule has 0 saturated heterocycles. The Hall–Kier alpha value is -2.83. The molecule has 0 radical (unpaired) electrons. The Kier molecular flexibility index (Phi) is 9.94. The lowest BCUT2D eigenvalue weighted by Gasteiger charge is -2.31. The molecule has 0 spiro atoms. The average Bonchev–Trinajstić information content (AvgIpc) is 2.69. The number of hydrogen-bond acceptors (Lipinski definition) is 5. The highest BCUT2D eigenvalue weighted by molar-refractivity contribution is 6.87. The molecule has 1 rings (SSSR count). The van der Waals surface area contributed by atoms with Crippen LogP contribution in [0.4, 0.5) is 4.79 Å². The number of hydrogen-bond donors (Lipinski definition) is 4. The molecule has 0 saturated carbocycles. The zero-order valence-electron chi connectivity index (χ0n) is 19.6. The summed E-state index contributed by atoms with van der Waals surface area (Å²) in [4.78, 5) is 36.3. The summed E-state index contributed by atoms with van der Waals surface area (Å²) in [5.41, 5.74) is 3.97. The molecule has 0 aliphatic heterocycles. The maximum absolute atomic E-state index is 12.6. The van der Waals surface area contributed by atoms with Gasteiger partial charge in [-0.15, -0.1) is 11.5 Å². The Balaban J connectivity index is 2.77. The van der Waals surface area contributed by atoms with E-state index in [1.165, 1.54) is 6.92 Å². The molecule has 0 fully saturated rings. The van der Waals surface area contributed by atoms with Gasteiger partial charge in [0.05, 0.1) is 6.10 Å². The molecule has 0 aromatic heterocycles. The minimum absolute atomic E-state index is 0.0123. The van der Waals surface area contributed by atoms with Crippen molar-refractivity contribution < 1.29 is 29.3 Å². The van der Waals surface area contributed by atoms with Crippen LogP contribution in [0.25, 0.3) is 0 Å². The summed E-state index contributed by atoms with van der Waals surface area (Å²) in [5.74, 6) is 0.822. The van der Waals surface area contributed by atoms with Gasteiger partial charge in [0.25, 0.3) is 0 Å². The van der Waals surface area contributed by atoms with Crippen molar-refractivity contribution in [3.05, 3.63) is 35.9 Å². The quantitative estimate of drug-likeness (QED) is 0.348. The number of nitrogens with one attached hydrogen (secondary N) is 2. The van der Waals surface area contributed by atoms with Gasteiger partial charge in [-0.25, -0.2) is 9.59 Å². The fraction of sp³-hybridized carbons (Fsp3) is 0.522. The molecule has 2 amide bonds. The molecule has 0 aliphatic carbocycles. The van der Waals surface area contributed by atoms with Gasteiger partial charge in [0.15, 0.2) is 0 Å². The van der Waals surface area contributed by atoms with Crippen molar-refractivity contribution in [3.8, 4) is 11.5 Å². The van der Waals surface area contributed by atoms with E-state index in [1.807, 2.05) is 6.07 Å². The number of amides is 2. The smallest absolute Gasteiger partial charge is 0.408 e. The molecule has 1 aromatic carbocycles. The molecule has 1 aromatic rings. The second-order valence-electron chi connectivity index (χ2n) is 9.20. The van der Waals surface area contributed by atoms with Crippen LogP contribution >= 0.6 is 0 Å². The maximum Gasteiger partial charge on any atom is 0.408 e. The van der Waals surface area contributed by atoms with E-state index in [-0.39, 0.29) is 18.1 Å². The standard InChI is InChI=1S/C23H34N2O6Si/c1-16(26)19(25-22(30)31-15-17-11-8-7-9-12-17)20(27)24-18(21(28)29)13-10-14-32(5,6)23(2,3)4/h7-9,11-12,16,18-19,26H,13,15H2,1-6H3,(H,24,27)(H,25,30)(H,28,29)/t16-,18-,19+/m1/s1. The fourth-order valence-corrected chi connectivity index (χ4v) is 3.24. The summed E-state index contributed by atoms with van der Waals surface area (Å²) in [6, 6.07) is 6.30. The minimum atomic E-state index is -1.93. The first-order valence-corrected chi connectivity index (χ1v) is 13.4. The lowest BCUT2D eigenvalue weighted by molar-refractivity contribution is -0.142. The first-order valence-electron chi connectivity index (χ1n) is 10.4. The first kappa shape index (κ1) is 27.2. The molecule has 9 heteroatoms. The summed E-state index contributed by atoms with van der Waals surface area (Å²) in [6.45, 7) is 11.8. The zero-order valence-corrected chi connectivity index (χ0v) is 20.6. The predicted molar refractivity (Wildman–Crippen MR) is 124 cm³/mol. The summed E-state index contributed by atoms with van der Waals surface area (Å²) in [6.07, 6.45) is -2.26. The lowest BCUT2D eigenvalue weighted by atomic mass is 10.1. The van der Waals surface area contributed by atoms with Gasteiger partial charge in [-0.2, -0.15) is 0 Å². The molecule has 32 heavy (non-hydrogen) atoms. The van der Waals surface area contributed by atoms with Crippen LogP contribution in [0.3, 0.4) is 0 Å². The topological polar surface area (TPSA) is 125 Å². The summed E-state index contributed by atoms with van der Waals surface area (Å²) < 4.78 is 5.07. The van der Waals surface area contributed by atoms with Crippen LogP contribution in [0.5, 0.6) is 0 Å². The summed E-state index contributed by atoms with van der Waals surface area (Å²) in [5, 5.41) is 24.1. The first-order chi connectivity index (χ1) is 14.7. The third-order valence-electron chi connectivity index (χ3n) is 5.45. The highest BCUT2D eigenvalue weighted by Crippen LogP contribution is 2.35. The maximum atomic E-state index is 12.6. The number of benzene rings is 1. The second kappa shape index (κ2) is 11.7. The highest BCUT2D eigenvalue weighted by Gasteiger charge is 2.34. The van der Waals surface area contributed by atoms with Gasteiger partial charge in [-0.1, -0.05) is 64.2 Å². The number of aliphatic hydroxyl groups is 1. The zero-order chi connectivity index (χ0) is 24.5. The van der Waals surface area contributed by atoms with Gasteiger partial charge in [0.1, 0.15) is 26.8 Å². The largest absolute Gasteiger partial charge is 0.480 e. The summed E-state index contributed by atoms with van der Waals surface area (Å²) in [7, 11) is -1.93. The molecule has 0 aliphatic rings. The normalized spacial score (nSPS) is 14.2. The minimum Gasteiger partial charge on any atom is -0.480 e. The molecule has 0 bridgehead atoms. The predicted octanol–water partition coefficient (Wildman–Crippen LogP) is 2.67. The lowest BCUT2D eigenvalue weighted by Crippen LogP contribution is -2.55. The van der Waals surface area contributed by atoms with Crippen LogP contribution in [0.2, 0.25) is 18.1 Å². The van der Waals surface area contributed by atoms with Crippen molar-refractivity contribution in [3.63, 3.8) is 0 Å². The number of aliphatic carboxylic acids is 1. The highest BCUT2D eigenvalue weighted by atomic mass is 28.3. The van der Waals surface area contributed by atoms with Gasteiger partial charge < -0.3 is 25.6 Å². The van der Waals surface area contributed by atoms with E-state index >= 15 is 0 Å². The molecule has 0 unspecified atom stereocenters. The Labute approximate surface area is 190 Å². The number of rotatable bonds is 8. The van der Waals surface area contributed by atoms with E-state index in [0.717, 1.165) is 5.56 Å². The van der Waals surface area contributed by atoms with Gasteiger partial charge >= 0.3 is 12.1 Å². The van der Waals surface area contributed by atoms with Crippen molar-refractivity contribution in [2.75, 3.05) is 0 Å². The number of aliphatic hydroxyl groups excluding tert-OH is 1. The van der Waals surface area contributed by atoms with Crippen LogP contribution in [-0.2, 0) is 20.9 Å². The Morgan fingerprint density at radius 3 is 2.22 bits per heavy atom. The number of ether oxygens (including phenoxy) is 1. The van der Waals surface area contributed by atoms with Crippen molar-refractivity contribution in [1.29, 1.82) is 0 Å². The van der Waals surface area contributed by atoms with E-state index in [1.54, 1.807) is 24.3 Å². The van der Waals surface area contributed by atoms with Gasteiger partial charge in [0, 0.05) is 6.42 Å². The SMILES string of the molecule is C[C@@H](O)[C@H](NC(=O)OCc1ccccc1)C(=O)N[C@H](CC#C[Si](C)(C)C(C)(C)C)C(=O)O. The van der Waals surface area contributed by atoms with E-state index in [9.17, 15) is 24.6 Å². The average molecular weight is 463 g/mol. The van der Waals surface area contributed by atoms with E-state index in [0.29, 0.717) is 0 Å². The second-order valence-corrected chi connectivity index (χ2v) is 14.2. The summed E-state index contributed by atoms with van der Waals surface area (Å²) >= 11 is 0. The Bertz CT molecular complexity index is 853. The molecule has 176 valence electrons. The van der Waals surface area contributed by atoms with Crippen LogP contribution in [0.15, 0.2) is 30.3 Å². The third kappa shape index (κ3) is 8.73. The van der Waals surface area contributed by atoms with Crippen molar-refractivity contribution in [2.24, 2.45) is 0 Å². The third-order valence-corrected chi connectivity index (χ3v) is 10.00. The van der Waals surface area contributed by atoms with E-state index in [2.05, 4.69) is 56.0 Å². The van der Waals surface area contributed by atoms with Gasteiger partial charge in [-0.3, -0.25) is 4.79 Å². The van der Waals surface area contributed by atoms with Crippen molar-refractivity contribution in [2.45, 2.75) is 77.0 Å². The van der Waals surface area contributed by atoms with Crippen molar-refractivity contribution >= 4 is 26.0 Å². The van der Waals surface area contributed by atoms with E-state index in [4.69, 9.17) is 4.74 Å². The number of carboxylic acids is 1. The molecule has 0 heterocycles. The van der Waals surface area contributed by atoms with Crippen LogP contribution < -0.4 is 10.6 Å². The van der Waals surface area contributed by atoms with E-state index < -0.39 is 44.2 Å². The number of carboxylic acid groups (broad SMARTS) is 1. The monoisotopic (exact) mass is 462 g/mol. The molecule has 8 nitrogen and oxygen atoms in total. The number of carbonyl (C=O) groups is 3. The van der Waals surface area contributed by atoms with Gasteiger partial charge in [-0.05, 0) is 17.5 Å². The fourth-order valence-electron chi connectivity index (χ4n) is 2.32. The van der Waals surface area contributed by atoms with Gasteiger partial charge in [0.2, 0.25) is 5.91 Å². The van der Waals surface area contributed by atoms with Crippen molar-refractivity contribution in [1.82, 2.24) is 10.6 Å².